The molecule has 0 aromatic heterocycles. The van der Waals surface area contributed by atoms with Crippen LogP contribution in [0.2, 0.25) is 0 Å². The maximum Gasteiger partial charge on any atom is 0.416 e. The molecule has 0 aliphatic carbocycles. The molecular formula is C29H35F9N6O. The molecule has 250 valence electrons. The average molecular weight is 655 g/mol. The van der Waals surface area contributed by atoms with Gasteiger partial charge in [-0.25, -0.2) is 5.12 Å². The van der Waals surface area contributed by atoms with Crippen LogP contribution in [0.3, 0.4) is 0 Å². The van der Waals surface area contributed by atoms with Gasteiger partial charge in [0.1, 0.15) is 0 Å². The van der Waals surface area contributed by atoms with E-state index in [4.69, 9.17) is 4.74 Å². The first kappa shape index (κ1) is 34.9. The van der Waals surface area contributed by atoms with Crippen LogP contribution in [-0.2, 0) is 36.4 Å². The van der Waals surface area contributed by atoms with Crippen molar-refractivity contribution in [1.29, 1.82) is 0 Å². The van der Waals surface area contributed by atoms with Crippen LogP contribution in [0.1, 0.15) is 65.6 Å². The summed E-state index contributed by atoms with van der Waals surface area (Å²) < 4.78 is 129. The van der Waals surface area contributed by atoms with Crippen LogP contribution in [0.15, 0.2) is 46.7 Å². The first-order chi connectivity index (χ1) is 21.0. The Balaban J connectivity index is 1.77. The SMILES string of the molecule is CCC(c1ccc(C(F)(F)F)cc1CN(Cc1cc(C(F)(F)F)cc(C(F)(F)F)c1)C1N=NN(C)N1)N1CCCC(COC)C1. The lowest BCUT2D eigenvalue weighted by Gasteiger charge is -2.39. The summed E-state index contributed by atoms with van der Waals surface area (Å²) in [5, 5.41) is 9.01. The van der Waals surface area contributed by atoms with E-state index in [1.165, 1.54) is 23.1 Å². The maximum absolute atomic E-state index is 13.9. The van der Waals surface area contributed by atoms with Gasteiger partial charge in [0.15, 0.2) is 6.29 Å². The number of alkyl halides is 9. The number of nitrogens with one attached hydrogen (secondary N) is 1. The number of methoxy groups -OCH3 is 1. The third kappa shape index (κ3) is 8.86. The number of piperidine rings is 1. The molecule has 0 saturated carbocycles. The van der Waals surface area contributed by atoms with E-state index in [0.717, 1.165) is 25.0 Å². The monoisotopic (exact) mass is 654 g/mol. The van der Waals surface area contributed by atoms with Crippen molar-refractivity contribution in [3.8, 4) is 0 Å². The Labute approximate surface area is 255 Å². The van der Waals surface area contributed by atoms with Gasteiger partial charge >= 0.3 is 18.5 Å². The number of likely N-dealkylation sites (tertiary alicyclic amines) is 1. The molecule has 1 N–H and O–H groups in total. The van der Waals surface area contributed by atoms with Crippen molar-refractivity contribution in [1.82, 2.24) is 20.3 Å². The molecule has 2 aromatic carbocycles. The van der Waals surface area contributed by atoms with Gasteiger partial charge < -0.3 is 4.74 Å². The summed E-state index contributed by atoms with van der Waals surface area (Å²) in [6.45, 7) is 3.01. The summed E-state index contributed by atoms with van der Waals surface area (Å²) in [6, 6.07) is 4.33. The number of hydrogen-bond donors (Lipinski definition) is 1. The molecule has 2 heterocycles. The maximum atomic E-state index is 13.9. The molecule has 3 atom stereocenters. The summed E-state index contributed by atoms with van der Waals surface area (Å²) in [5.41, 5.74) is -0.647. The minimum absolute atomic E-state index is 0.0291. The highest BCUT2D eigenvalue weighted by Gasteiger charge is 2.38. The third-order valence-electron chi connectivity index (χ3n) is 7.96. The second-order valence-corrected chi connectivity index (χ2v) is 11.3. The van der Waals surface area contributed by atoms with Gasteiger partial charge in [0.05, 0.1) is 23.3 Å². The zero-order valence-electron chi connectivity index (χ0n) is 24.9. The molecule has 4 rings (SSSR count). The summed E-state index contributed by atoms with van der Waals surface area (Å²) >= 11 is 0. The van der Waals surface area contributed by atoms with E-state index >= 15 is 0 Å². The van der Waals surface area contributed by atoms with Crippen molar-refractivity contribution in [2.24, 2.45) is 16.3 Å². The number of halogens is 9. The number of hydrazine groups is 1. The Kier molecular flexibility index (Phi) is 10.7. The quantitative estimate of drug-likeness (QED) is 0.267. The first-order valence-electron chi connectivity index (χ1n) is 14.4. The highest BCUT2D eigenvalue weighted by molar-refractivity contribution is 5.37. The van der Waals surface area contributed by atoms with Gasteiger partial charge in [0.25, 0.3) is 0 Å². The summed E-state index contributed by atoms with van der Waals surface area (Å²) in [7, 11) is 3.08. The van der Waals surface area contributed by atoms with Gasteiger partial charge in [-0.2, -0.15) is 44.9 Å². The fourth-order valence-electron chi connectivity index (χ4n) is 5.96. The van der Waals surface area contributed by atoms with Crippen LogP contribution in [-0.4, -0.2) is 55.1 Å². The van der Waals surface area contributed by atoms with Crippen LogP contribution >= 0.6 is 0 Å². The molecule has 45 heavy (non-hydrogen) atoms. The average Bonchev–Trinajstić information content (AvgIpc) is 3.39. The minimum atomic E-state index is -5.07. The lowest BCUT2D eigenvalue weighted by Crippen LogP contribution is -2.45. The molecule has 1 fully saturated rings. The Morgan fingerprint density at radius 1 is 0.933 bits per heavy atom. The normalized spacial score (nSPS) is 20.8. The van der Waals surface area contributed by atoms with Gasteiger partial charge in [-0.1, -0.05) is 18.2 Å². The zero-order valence-corrected chi connectivity index (χ0v) is 24.9. The number of benzene rings is 2. The summed E-state index contributed by atoms with van der Waals surface area (Å²) in [6.07, 6.45) is -13.6. The van der Waals surface area contributed by atoms with Crippen LogP contribution < -0.4 is 5.43 Å². The van der Waals surface area contributed by atoms with E-state index < -0.39 is 48.1 Å². The van der Waals surface area contributed by atoms with Crippen molar-refractivity contribution in [2.45, 2.75) is 70.1 Å². The van der Waals surface area contributed by atoms with E-state index in [1.807, 2.05) is 6.92 Å². The summed E-state index contributed by atoms with van der Waals surface area (Å²) in [5.74, 6) is 0.231. The fourth-order valence-corrected chi connectivity index (χ4v) is 5.96. The van der Waals surface area contributed by atoms with Crippen molar-refractivity contribution in [3.63, 3.8) is 0 Å². The molecule has 16 heteroatoms. The minimum Gasteiger partial charge on any atom is -0.384 e. The number of rotatable bonds is 10. The molecule has 7 nitrogen and oxygen atoms in total. The topological polar surface area (TPSA) is 55.7 Å². The van der Waals surface area contributed by atoms with Gasteiger partial charge in [-0.05, 0) is 78.7 Å². The lowest BCUT2D eigenvalue weighted by atomic mass is 9.91. The second kappa shape index (κ2) is 13.8. The van der Waals surface area contributed by atoms with Gasteiger partial charge in [-0.3, -0.25) is 9.80 Å². The van der Waals surface area contributed by atoms with Crippen LogP contribution in [0.4, 0.5) is 39.5 Å². The van der Waals surface area contributed by atoms with E-state index in [2.05, 4.69) is 20.7 Å². The molecule has 1 saturated heterocycles. The van der Waals surface area contributed by atoms with Gasteiger partial charge in [-0.15, -0.1) is 5.11 Å². The second-order valence-electron chi connectivity index (χ2n) is 11.3. The van der Waals surface area contributed by atoms with Crippen LogP contribution in [0.5, 0.6) is 0 Å². The smallest absolute Gasteiger partial charge is 0.384 e. The predicted octanol–water partition coefficient (Wildman–Crippen LogP) is 7.66. The van der Waals surface area contributed by atoms with Gasteiger partial charge in [0, 0.05) is 39.8 Å². The Morgan fingerprint density at radius 2 is 1.58 bits per heavy atom. The van der Waals surface area contributed by atoms with Crippen molar-refractivity contribution < 1.29 is 44.3 Å². The van der Waals surface area contributed by atoms with E-state index in [-0.39, 0.29) is 35.7 Å². The third-order valence-corrected chi connectivity index (χ3v) is 7.96. The zero-order chi connectivity index (χ0) is 33.2. The molecular weight excluding hydrogens is 619 g/mol. The number of ether oxygens (including phenoxy) is 1. The fraction of sp³-hybridized carbons (Fsp3) is 0.586. The number of hydrogen-bond acceptors (Lipinski definition) is 7. The Morgan fingerprint density at radius 3 is 2.11 bits per heavy atom. The molecule has 0 amide bonds. The largest absolute Gasteiger partial charge is 0.416 e. The van der Waals surface area contributed by atoms with Crippen molar-refractivity contribution in [2.75, 3.05) is 33.9 Å². The van der Waals surface area contributed by atoms with E-state index in [0.29, 0.717) is 43.8 Å². The molecule has 0 bridgehead atoms. The van der Waals surface area contributed by atoms with E-state index in [9.17, 15) is 39.5 Å². The molecule has 2 aromatic rings. The predicted molar refractivity (Wildman–Crippen MR) is 146 cm³/mol. The Bertz CT molecular complexity index is 1300. The number of nitrogens with zero attached hydrogens (tertiary/aromatic N) is 5. The van der Waals surface area contributed by atoms with Crippen LogP contribution in [0, 0.1) is 5.92 Å². The molecule has 3 unspecified atom stereocenters. The highest BCUT2D eigenvalue weighted by atomic mass is 19.4. The molecule has 2 aliphatic heterocycles. The summed E-state index contributed by atoms with van der Waals surface area (Å²) in [4.78, 5) is 3.55. The molecule has 0 spiro atoms. The standard InChI is InChI=1S/C29H35F9N6O/c1-4-25(43-9-5-6-18(14-43)17-45-3)24-8-7-21(27(30,31)32)12-20(24)16-44(26-39-41-42(2)40-26)15-19-10-22(28(33,34)35)13-23(11-19)29(36,37)38/h7-8,10-13,18,25-26,40H,4-6,9,14-17H2,1-3H3. The van der Waals surface area contributed by atoms with Crippen molar-refractivity contribution in [3.05, 3.63) is 69.8 Å². The van der Waals surface area contributed by atoms with Crippen molar-refractivity contribution >= 4 is 0 Å². The molecule has 0 radical (unpaired) electrons. The van der Waals surface area contributed by atoms with E-state index in [1.54, 1.807) is 7.11 Å². The molecule has 2 aliphatic rings. The Hall–Kier alpha value is -2.95. The van der Waals surface area contributed by atoms with Crippen LogP contribution in [0.25, 0.3) is 0 Å². The lowest BCUT2D eigenvalue weighted by molar-refractivity contribution is -0.143. The highest BCUT2D eigenvalue weighted by Crippen LogP contribution is 2.39. The first-order valence-corrected chi connectivity index (χ1v) is 14.4. The van der Waals surface area contributed by atoms with Gasteiger partial charge in [0.2, 0.25) is 0 Å².